The fraction of sp³-hybridized carbons (Fsp3) is 0.721. The van der Waals surface area contributed by atoms with E-state index in [2.05, 4.69) is 106 Å². The molecular formula is C61H104O6. The third-order valence-electron chi connectivity index (χ3n) is 11.8. The molecule has 0 fully saturated rings. The Morgan fingerprint density at radius 3 is 0.836 bits per heavy atom. The fourth-order valence-corrected chi connectivity index (χ4v) is 7.57. The first-order valence-electron chi connectivity index (χ1n) is 28.1. The Hall–Kier alpha value is -3.41. The zero-order valence-corrected chi connectivity index (χ0v) is 43.9. The van der Waals surface area contributed by atoms with Crippen molar-refractivity contribution in [2.75, 3.05) is 13.2 Å². The molecule has 0 saturated heterocycles. The van der Waals surface area contributed by atoms with E-state index in [1.807, 2.05) is 0 Å². The average molecular weight is 933 g/mol. The smallest absolute Gasteiger partial charge is 0.306 e. The number of carbonyl (C=O) groups is 3. The highest BCUT2D eigenvalue weighted by atomic mass is 16.6. The topological polar surface area (TPSA) is 78.9 Å². The maximum atomic E-state index is 12.8. The number of esters is 3. The Balaban J connectivity index is 4.45. The molecule has 0 bridgehead atoms. The van der Waals surface area contributed by atoms with E-state index in [1.165, 1.54) is 96.3 Å². The van der Waals surface area contributed by atoms with Crippen LogP contribution in [0.25, 0.3) is 0 Å². The molecule has 67 heavy (non-hydrogen) atoms. The van der Waals surface area contributed by atoms with Gasteiger partial charge >= 0.3 is 17.9 Å². The standard InChI is InChI=1S/C61H104O6/c1-4-7-10-13-16-19-22-25-28-29-30-31-34-36-39-42-45-48-51-54-60(63)66-57-58(67-61(64)55-52-49-46-43-40-37-33-27-24-21-18-15-12-9-6-3)56-65-59(62)53-50-47-44-41-38-35-32-26-23-20-17-14-11-8-5-2/h16-21,25-28,30-33,58H,4-15,22-24,29,34-57H2,1-3H3/b19-16-,20-17-,21-18-,28-25-,31-30-,32-26-,33-27-. The van der Waals surface area contributed by atoms with Crippen LogP contribution in [0.5, 0.6) is 0 Å². The number of carbonyl (C=O) groups excluding carboxylic acids is 3. The molecule has 6 nitrogen and oxygen atoms in total. The molecule has 0 spiro atoms. The van der Waals surface area contributed by atoms with Gasteiger partial charge in [0, 0.05) is 19.3 Å². The van der Waals surface area contributed by atoms with Gasteiger partial charge < -0.3 is 14.2 Å². The zero-order valence-electron chi connectivity index (χ0n) is 43.9. The molecule has 0 saturated carbocycles. The van der Waals surface area contributed by atoms with E-state index in [9.17, 15) is 14.4 Å². The van der Waals surface area contributed by atoms with E-state index >= 15 is 0 Å². The van der Waals surface area contributed by atoms with Gasteiger partial charge in [-0.1, -0.05) is 209 Å². The largest absolute Gasteiger partial charge is 0.462 e. The minimum atomic E-state index is -0.796. The number of unbranched alkanes of at least 4 members (excludes halogenated alkanes) is 25. The first kappa shape index (κ1) is 63.6. The van der Waals surface area contributed by atoms with Crippen LogP contribution in [0.2, 0.25) is 0 Å². The van der Waals surface area contributed by atoms with Crippen LogP contribution in [0.15, 0.2) is 85.1 Å². The third-order valence-corrected chi connectivity index (χ3v) is 11.8. The Morgan fingerprint density at radius 2 is 0.537 bits per heavy atom. The summed E-state index contributed by atoms with van der Waals surface area (Å²) >= 11 is 0. The Labute approximate surface area is 414 Å². The summed E-state index contributed by atoms with van der Waals surface area (Å²) in [6.07, 6.45) is 71.3. The highest BCUT2D eigenvalue weighted by Gasteiger charge is 2.19. The molecule has 0 aliphatic rings. The molecule has 384 valence electrons. The van der Waals surface area contributed by atoms with Crippen LogP contribution in [-0.4, -0.2) is 37.2 Å². The van der Waals surface area contributed by atoms with Crippen LogP contribution < -0.4 is 0 Å². The summed E-state index contributed by atoms with van der Waals surface area (Å²) in [5.41, 5.74) is 0. The van der Waals surface area contributed by atoms with Gasteiger partial charge in [-0.25, -0.2) is 0 Å². The third kappa shape index (κ3) is 53.4. The predicted octanol–water partition coefficient (Wildman–Crippen LogP) is 18.8. The lowest BCUT2D eigenvalue weighted by Crippen LogP contribution is -2.30. The van der Waals surface area contributed by atoms with Crippen molar-refractivity contribution in [2.45, 2.75) is 271 Å². The first-order valence-corrected chi connectivity index (χ1v) is 28.1. The van der Waals surface area contributed by atoms with Crippen LogP contribution in [0.3, 0.4) is 0 Å². The molecule has 0 aromatic heterocycles. The Morgan fingerprint density at radius 1 is 0.299 bits per heavy atom. The summed E-state index contributed by atoms with van der Waals surface area (Å²) in [6.45, 7) is 6.53. The average Bonchev–Trinajstić information content (AvgIpc) is 3.33. The molecule has 0 aliphatic carbocycles. The number of hydrogen-bond acceptors (Lipinski definition) is 6. The summed E-state index contributed by atoms with van der Waals surface area (Å²) in [7, 11) is 0. The van der Waals surface area contributed by atoms with Crippen LogP contribution in [0.4, 0.5) is 0 Å². The molecule has 0 radical (unpaired) electrons. The number of ether oxygens (including phenoxy) is 3. The van der Waals surface area contributed by atoms with Crippen LogP contribution in [0, 0.1) is 0 Å². The van der Waals surface area contributed by atoms with E-state index in [-0.39, 0.29) is 31.1 Å². The second-order valence-electron chi connectivity index (χ2n) is 18.5. The van der Waals surface area contributed by atoms with Gasteiger partial charge in [-0.2, -0.15) is 0 Å². The predicted molar refractivity (Wildman–Crippen MR) is 288 cm³/mol. The van der Waals surface area contributed by atoms with E-state index in [4.69, 9.17) is 14.2 Å². The SMILES string of the molecule is CCCCC/C=C\C/C=C\C/C=C\CCCCCCCCC(=O)OCC(COC(=O)CCCCCCC/C=C\C/C=C\CCCCC)OC(=O)CCCCCCC/C=C\C/C=C\CCCCC. The molecule has 0 aliphatic heterocycles. The van der Waals surface area contributed by atoms with E-state index < -0.39 is 6.10 Å². The van der Waals surface area contributed by atoms with Crippen molar-refractivity contribution in [1.82, 2.24) is 0 Å². The van der Waals surface area contributed by atoms with Gasteiger partial charge in [-0.3, -0.25) is 14.4 Å². The molecule has 0 aromatic rings. The lowest BCUT2D eigenvalue weighted by Gasteiger charge is -2.18. The van der Waals surface area contributed by atoms with Crippen molar-refractivity contribution in [3.63, 3.8) is 0 Å². The summed E-state index contributed by atoms with van der Waals surface area (Å²) in [6, 6.07) is 0. The van der Waals surface area contributed by atoms with Crippen LogP contribution >= 0.6 is 0 Å². The van der Waals surface area contributed by atoms with E-state index in [0.29, 0.717) is 19.3 Å². The van der Waals surface area contributed by atoms with Crippen molar-refractivity contribution >= 4 is 17.9 Å². The number of rotatable bonds is 50. The van der Waals surface area contributed by atoms with Gasteiger partial charge in [0.1, 0.15) is 13.2 Å². The normalized spacial score (nSPS) is 12.7. The molecule has 0 rings (SSSR count). The molecule has 0 aromatic carbocycles. The summed E-state index contributed by atoms with van der Waals surface area (Å²) < 4.78 is 16.8. The molecule has 0 heterocycles. The lowest BCUT2D eigenvalue weighted by atomic mass is 10.1. The van der Waals surface area contributed by atoms with Gasteiger partial charge in [-0.05, 0) is 122 Å². The Bertz CT molecular complexity index is 1300. The van der Waals surface area contributed by atoms with Gasteiger partial charge in [0.05, 0.1) is 0 Å². The summed E-state index contributed by atoms with van der Waals surface area (Å²) in [4.78, 5) is 38.1. The minimum absolute atomic E-state index is 0.0941. The number of allylic oxidation sites excluding steroid dienone is 14. The quantitative estimate of drug-likeness (QED) is 0.0262. The summed E-state index contributed by atoms with van der Waals surface area (Å²) in [5, 5.41) is 0. The van der Waals surface area contributed by atoms with Gasteiger partial charge in [0.15, 0.2) is 6.10 Å². The molecule has 6 heteroatoms. The van der Waals surface area contributed by atoms with Gasteiger partial charge in [0.25, 0.3) is 0 Å². The Kier molecular flexibility index (Phi) is 52.4. The van der Waals surface area contributed by atoms with Crippen molar-refractivity contribution in [3.8, 4) is 0 Å². The zero-order chi connectivity index (χ0) is 48.6. The molecule has 0 amide bonds. The fourth-order valence-electron chi connectivity index (χ4n) is 7.57. The van der Waals surface area contributed by atoms with Gasteiger partial charge in [0.2, 0.25) is 0 Å². The van der Waals surface area contributed by atoms with Crippen molar-refractivity contribution < 1.29 is 28.6 Å². The van der Waals surface area contributed by atoms with Gasteiger partial charge in [-0.15, -0.1) is 0 Å². The molecule has 0 N–H and O–H groups in total. The van der Waals surface area contributed by atoms with E-state index in [0.717, 1.165) is 128 Å². The first-order chi connectivity index (χ1) is 33.0. The second kappa shape index (κ2) is 55.2. The van der Waals surface area contributed by atoms with Crippen molar-refractivity contribution in [1.29, 1.82) is 0 Å². The highest BCUT2D eigenvalue weighted by molar-refractivity contribution is 5.71. The minimum Gasteiger partial charge on any atom is -0.462 e. The highest BCUT2D eigenvalue weighted by Crippen LogP contribution is 2.14. The molecule has 1 unspecified atom stereocenters. The molecular weight excluding hydrogens is 829 g/mol. The number of hydrogen-bond donors (Lipinski definition) is 0. The van der Waals surface area contributed by atoms with Crippen LogP contribution in [0.1, 0.15) is 265 Å². The summed E-state index contributed by atoms with van der Waals surface area (Å²) in [5.74, 6) is -0.930. The maximum absolute atomic E-state index is 12.8. The van der Waals surface area contributed by atoms with Crippen molar-refractivity contribution in [3.05, 3.63) is 85.1 Å². The lowest BCUT2D eigenvalue weighted by molar-refractivity contribution is -0.167. The second-order valence-corrected chi connectivity index (χ2v) is 18.5. The van der Waals surface area contributed by atoms with Crippen LogP contribution in [-0.2, 0) is 28.6 Å². The van der Waals surface area contributed by atoms with E-state index in [1.54, 1.807) is 0 Å². The van der Waals surface area contributed by atoms with Crippen molar-refractivity contribution in [2.24, 2.45) is 0 Å². The maximum Gasteiger partial charge on any atom is 0.306 e. The monoisotopic (exact) mass is 933 g/mol. The molecule has 1 atom stereocenters.